The fourth-order valence-corrected chi connectivity index (χ4v) is 2.59. The molecule has 0 saturated carbocycles. The summed E-state index contributed by atoms with van der Waals surface area (Å²) in [5.74, 6) is -0.437. The molecule has 0 bridgehead atoms. The number of benzene rings is 3. The van der Waals surface area contributed by atoms with Gasteiger partial charge in [-0.1, -0.05) is 18.2 Å². The molecule has 7 N–H and O–H groups in total. The number of aromatic hydroxyl groups is 2. The highest BCUT2D eigenvalue weighted by Gasteiger charge is 2.15. The molecule has 0 saturated heterocycles. The topological polar surface area (TPSA) is 122 Å². The second-order valence-corrected chi connectivity index (χ2v) is 5.54. The van der Waals surface area contributed by atoms with Crippen molar-refractivity contribution in [1.82, 2.24) is 0 Å². The molecule has 0 aliphatic carbocycles. The highest BCUT2D eigenvalue weighted by atomic mass is 16.3. The number of carbonyl (C=O) groups is 1. The van der Waals surface area contributed by atoms with E-state index in [4.69, 9.17) is 11.5 Å². The van der Waals surface area contributed by atoms with Crippen molar-refractivity contribution in [2.24, 2.45) is 5.73 Å². The van der Waals surface area contributed by atoms with E-state index in [0.717, 1.165) is 5.56 Å². The van der Waals surface area contributed by atoms with E-state index in [0.29, 0.717) is 22.5 Å². The molecule has 0 fully saturated rings. The van der Waals surface area contributed by atoms with Crippen molar-refractivity contribution in [3.8, 4) is 22.6 Å². The lowest BCUT2D eigenvalue weighted by Gasteiger charge is -2.16. The van der Waals surface area contributed by atoms with Crippen LogP contribution < -0.4 is 16.8 Å². The highest BCUT2D eigenvalue weighted by molar-refractivity contribution is 6.03. The molecule has 25 heavy (non-hydrogen) atoms. The molecule has 6 heteroatoms. The fourth-order valence-electron chi connectivity index (χ4n) is 2.59. The van der Waals surface area contributed by atoms with E-state index in [-0.39, 0.29) is 17.2 Å². The first kappa shape index (κ1) is 16.2. The fraction of sp³-hybridized carbons (Fsp3) is 0. The van der Waals surface area contributed by atoms with Gasteiger partial charge in [0.25, 0.3) is 0 Å². The maximum atomic E-state index is 11.9. The monoisotopic (exact) mass is 335 g/mol. The van der Waals surface area contributed by atoms with Crippen LogP contribution in [0, 0.1) is 0 Å². The molecule has 0 aliphatic rings. The average molecular weight is 335 g/mol. The second-order valence-electron chi connectivity index (χ2n) is 5.54. The van der Waals surface area contributed by atoms with Crippen LogP contribution in [0.25, 0.3) is 11.1 Å². The van der Waals surface area contributed by atoms with Gasteiger partial charge < -0.3 is 27.0 Å². The number of anilines is 3. The van der Waals surface area contributed by atoms with Gasteiger partial charge in [-0.3, -0.25) is 4.79 Å². The summed E-state index contributed by atoms with van der Waals surface area (Å²) in [7, 11) is 0. The smallest absolute Gasteiger partial charge is 0.249 e. The Morgan fingerprint density at radius 2 is 1.68 bits per heavy atom. The molecule has 0 radical (unpaired) electrons. The number of primary amides is 1. The standard InChI is InChI=1S/C19H17N3O3/c20-15-10-12(6-9-17(15)24)22-16-3-1-2-14(19(21)25)18(16)11-4-7-13(23)8-5-11/h1-10,22-24H,20H2,(H2,21,25). The Morgan fingerprint density at radius 1 is 0.960 bits per heavy atom. The maximum absolute atomic E-state index is 11.9. The molecular formula is C19H17N3O3. The van der Waals surface area contributed by atoms with Crippen LogP contribution in [-0.4, -0.2) is 16.1 Å². The van der Waals surface area contributed by atoms with E-state index >= 15 is 0 Å². The zero-order valence-electron chi connectivity index (χ0n) is 13.2. The van der Waals surface area contributed by atoms with E-state index in [1.165, 1.54) is 18.2 Å². The summed E-state index contributed by atoms with van der Waals surface area (Å²) in [6.07, 6.45) is 0. The molecule has 3 aromatic carbocycles. The molecule has 0 atom stereocenters. The Labute approximate surface area is 144 Å². The van der Waals surface area contributed by atoms with Crippen LogP contribution in [0.1, 0.15) is 10.4 Å². The summed E-state index contributed by atoms with van der Waals surface area (Å²) in [5, 5.41) is 22.2. The van der Waals surface area contributed by atoms with Crippen LogP contribution in [0.4, 0.5) is 17.1 Å². The van der Waals surface area contributed by atoms with Gasteiger partial charge >= 0.3 is 0 Å². The molecule has 0 aromatic heterocycles. The van der Waals surface area contributed by atoms with Crippen molar-refractivity contribution in [3.05, 3.63) is 66.2 Å². The van der Waals surface area contributed by atoms with Crippen LogP contribution in [0.5, 0.6) is 11.5 Å². The molecule has 3 rings (SSSR count). The van der Waals surface area contributed by atoms with Gasteiger partial charge in [0, 0.05) is 22.5 Å². The van der Waals surface area contributed by atoms with Crippen molar-refractivity contribution in [2.45, 2.75) is 0 Å². The van der Waals surface area contributed by atoms with Gasteiger partial charge in [0.05, 0.1) is 5.69 Å². The Hall–Kier alpha value is -3.67. The number of phenols is 2. The van der Waals surface area contributed by atoms with Crippen molar-refractivity contribution in [3.63, 3.8) is 0 Å². The molecule has 6 nitrogen and oxygen atoms in total. The minimum atomic E-state index is -0.558. The van der Waals surface area contributed by atoms with Gasteiger partial charge in [0.15, 0.2) is 0 Å². The minimum absolute atomic E-state index is 0.00445. The number of hydrogen-bond acceptors (Lipinski definition) is 5. The number of hydrogen-bond donors (Lipinski definition) is 5. The predicted molar refractivity (Wildman–Crippen MR) is 97.9 cm³/mol. The second kappa shape index (κ2) is 6.45. The summed E-state index contributed by atoms with van der Waals surface area (Å²) >= 11 is 0. The Balaban J connectivity index is 2.12. The number of carbonyl (C=O) groups excluding carboxylic acids is 1. The van der Waals surface area contributed by atoms with Crippen molar-refractivity contribution in [1.29, 1.82) is 0 Å². The summed E-state index contributed by atoms with van der Waals surface area (Å²) in [4.78, 5) is 11.9. The van der Waals surface area contributed by atoms with E-state index in [1.54, 1.807) is 42.5 Å². The predicted octanol–water partition coefficient (Wildman–Crippen LogP) is 3.19. The van der Waals surface area contributed by atoms with E-state index in [1.807, 2.05) is 0 Å². The Kier molecular flexibility index (Phi) is 4.18. The maximum Gasteiger partial charge on any atom is 0.249 e. The number of nitrogens with one attached hydrogen (secondary N) is 1. The number of phenolic OH excluding ortho intramolecular Hbond substituents is 2. The first-order valence-electron chi connectivity index (χ1n) is 7.53. The molecule has 0 heterocycles. The van der Waals surface area contributed by atoms with Gasteiger partial charge in [0.2, 0.25) is 5.91 Å². The summed E-state index contributed by atoms with van der Waals surface area (Å²) < 4.78 is 0. The lowest BCUT2D eigenvalue weighted by molar-refractivity contribution is 0.100. The minimum Gasteiger partial charge on any atom is -0.508 e. The highest BCUT2D eigenvalue weighted by Crippen LogP contribution is 2.35. The van der Waals surface area contributed by atoms with Crippen molar-refractivity contribution in [2.75, 3.05) is 11.1 Å². The van der Waals surface area contributed by atoms with Gasteiger partial charge in [-0.15, -0.1) is 0 Å². The summed E-state index contributed by atoms with van der Waals surface area (Å²) in [5.41, 5.74) is 14.5. The van der Waals surface area contributed by atoms with Crippen LogP contribution in [-0.2, 0) is 0 Å². The molecule has 3 aromatic rings. The number of rotatable bonds is 4. The number of nitrogens with two attached hydrogens (primary N) is 2. The molecule has 1 amide bonds. The van der Waals surface area contributed by atoms with E-state index in [9.17, 15) is 15.0 Å². The third-order valence-electron chi connectivity index (χ3n) is 3.79. The normalized spacial score (nSPS) is 10.4. The zero-order valence-corrected chi connectivity index (χ0v) is 13.2. The molecule has 0 spiro atoms. The molecule has 0 aliphatic heterocycles. The van der Waals surface area contributed by atoms with Crippen molar-refractivity contribution < 1.29 is 15.0 Å². The Bertz CT molecular complexity index is 937. The van der Waals surface area contributed by atoms with Gasteiger partial charge in [-0.05, 0) is 48.0 Å². The van der Waals surface area contributed by atoms with E-state index < -0.39 is 5.91 Å². The third-order valence-corrected chi connectivity index (χ3v) is 3.79. The lowest BCUT2D eigenvalue weighted by Crippen LogP contribution is -2.13. The van der Waals surface area contributed by atoms with Crippen molar-refractivity contribution >= 4 is 23.0 Å². The number of nitrogen functional groups attached to an aromatic ring is 1. The largest absolute Gasteiger partial charge is 0.508 e. The first-order chi connectivity index (χ1) is 12.0. The van der Waals surface area contributed by atoms with Crippen LogP contribution in [0.3, 0.4) is 0 Å². The summed E-state index contributed by atoms with van der Waals surface area (Å²) in [6.45, 7) is 0. The molecule has 0 unspecified atom stereocenters. The average Bonchev–Trinajstić information content (AvgIpc) is 2.59. The Morgan fingerprint density at radius 3 is 2.32 bits per heavy atom. The van der Waals surface area contributed by atoms with Crippen LogP contribution in [0.2, 0.25) is 0 Å². The molecular weight excluding hydrogens is 318 g/mol. The quantitative estimate of drug-likeness (QED) is 0.285. The van der Waals surface area contributed by atoms with Gasteiger partial charge in [0.1, 0.15) is 11.5 Å². The van der Waals surface area contributed by atoms with Crippen LogP contribution >= 0.6 is 0 Å². The SMILES string of the molecule is NC(=O)c1cccc(Nc2ccc(O)c(N)c2)c1-c1ccc(O)cc1. The third kappa shape index (κ3) is 3.32. The number of amides is 1. The van der Waals surface area contributed by atoms with Gasteiger partial charge in [-0.25, -0.2) is 0 Å². The zero-order chi connectivity index (χ0) is 18.0. The molecule has 126 valence electrons. The van der Waals surface area contributed by atoms with Gasteiger partial charge in [-0.2, -0.15) is 0 Å². The lowest BCUT2D eigenvalue weighted by atomic mass is 9.97. The first-order valence-corrected chi connectivity index (χ1v) is 7.53. The van der Waals surface area contributed by atoms with Crippen LogP contribution in [0.15, 0.2) is 60.7 Å². The van der Waals surface area contributed by atoms with E-state index in [2.05, 4.69) is 5.32 Å². The summed E-state index contributed by atoms with van der Waals surface area (Å²) in [6, 6.07) is 16.4.